The Labute approximate surface area is 132 Å². The second kappa shape index (κ2) is 6.85. The first-order chi connectivity index (χ1) is 10.9. The number of likely N-dealkylation sites (N-methyl/N-ethyl adjacent to an activating group) is 1. The highest BCUT2D eigenvalue weighted by atomic mass is 19.4. The molecule has 1 amide bonds. The van der Waals surface area contributed by atoms with Gasteiger partial charge in [-0.2, -0.15) is 18.3 Å². The van der Waals surface area contributed by atoms with Crippen molar-refractivity contribution in [2.75, 3.05) is 6.54 Å². The smallest absolute Gasteiger partial charge is 0.355 e. The maximum Gasteiger partial charge on any atom is 0.435 e. The molecule has 1 N–H and O–H groups in total. The van der Waals surface area contributed by atoms with Gasteiger partial charge in [-0.3, -0.25) is 9.48 Å². The zero-order valence-electron chi connectivity index (χ0n) is 12.9. The summed E-state index contributed by atoms with van der Waals surface area (Å²) in [5.41, 5.74) is 0.125. The van der Waals surface area contributed by atoms with E-state index in [4.69, 9.17) is 0 Å². The lowest BCUT2D eigenvalue weighted by atomic mass is 10.0. The number of rotatable bonds is 5. The topological polar surface area (TPSA) is 46.9 Å². The lowest BCUT2D eigenvalue weighted by Gasteiger charge is -2.09. The number of halogens is 3. The molecule has 1 aromatic heterocycles. The molecule has 4 nitrogen and oxygen atoms in total. The van der Waals surface area contributed by atoms with E-state index in [1.807, 2.05) is 0 Å². The number of benzene rings is 1. The van der Waals surface area contributed by atoms with Crippen molar-refractivity contribution in [2.24, 2.45) is 0 Å². The zero-order valence-corrected chi connectivity index (χ0v) is 12.9. The second-order valence-corrected chi connectivity index (χ2v) is 5.00. The Bertz CT molecular complexity index is 678. The highest BCUT2D eigenvalue weighted by Gasteiger charge is 2.39. The van der Waals surface area contributed by atoms with Crippen LogP contribution in [0.3, 0.4) is 0 Å². The summed E-state index contributed by atoms with van der Waals surface area (Å²) in [4.78, 5) is 11.8. The van der Waals surface area contributed by atoms with Crippen LogP contribution in [0.2, 0.25) is 0 Å². The molecular weight excluding hydrogens is 307 g/mol. The van der Waals surface area contributed by atoms with Crippen LogP contribution in [-0.2, 0) is 23.9 Å². The largest absolute Gasteiger partial charge is 0.435 e. The van der Waals surface area contributed by atoms with Crippen LogP contribution in [0.15, 0.2) is 30.3 Å². The second-order valence-electron chi connectivity index (χ2n) is 5.00. The van der Waals surface area contributed by atoms with Crippen molar-refractivity contribution in [3.63, 3.8) is 0 Å². The lowest BCUT2D eigenvalue weighted by Crippen LogP contribution is -2.28. The van der Waals surface area contributed by atoms with Crippen molar-refractivity contribution >= 4 is 5.91 Å². The molecule has 0 atom stereocenters. The van der Waals surface area contributed by atoms with Crippen molar-refractivity contribution in [2.45, 2.75) is 33.0 Å². The first-order valence-electron chi connectivity index (χ1n) is 7.37. The average Bonchev–Trinajstić information content (AvgIpc) is 2.86. The van der Waals surface area contributed by atoms with Gasteiger partial charge >= 0.3 is 6.18 Å². The summed E-state index contributed by atoms with van der Waals surface area (Å²) < 4.78 is 40.9. The van der Waals surface area contributed by atoms with Gasteiger partial charge in [0.1, 0.15) is 6.54 Å². The van der Waals surface area contributed by atoms with E-state index in [2.05, 4.69) is 10.4 Å². The number of carbonyl (C=O) groups is 1. The van der Waals surface area contributed by atoms with Crippen molar-refractivity contribution in [3.05, 3.63) is 41.6 Å². The molecule has 0 radical (unpaired) electrons. The van der Waals surface area contributed by atoms with Crippen LogP contribution < -0.4 is 5.32 Å². The highest BCUT2D eigenvalue weighted by molar-refractivity contribution is 5.77. The van der Waals surface area contributed by atoms with Gasteiger partial charge in [0.05, 0.1) is 5.69 Å². The molecule has 23 heavy (non-hydrogen) atoms. The molecule has 0 bridgehead atoms. The Kier molecular flexibility index (Phi) is 5.08. The highest BCUT2D eigenvalue weighted by Crippen LogP contribution is 2.36. The fraction of sp³-hybridized carbons (Fsp3) is 0.375. The number of aromatic nitrogens is 2. The third-order valence-corrected chi connectivity index (χ3v) is 3.39. The van der Waals surface area contributed by atoms with Crippen molar-refractivity contribution in [3.8, 4) is 11.3 Å². The van der Waals surface area contributed by atoms with Crippen LogP contribution >= 0.6 is 0 Å². The maximum absolute atomic E-state index is 13.3. The summed E-state index contributed by atoms with van der Waals surface area (Å²) in [6.45, 7) is 3.56. The first-order valence-corrected chi connectivity index (χ1v) is 7.37. The van der Waals surface area contributed by atoms with Crippen LogP contribution in [-0.4, -0.2) is 22.2 Å². The van der Waals surface area contributed by atoms with Crippen LogP contribution in [0.1, 0.15) is 25.1 Å². The molecule has 124 valence electrons. The lowest BCUT2D eigenvalue weighted by molar-refractivity contribution is -0.142. The van der Waals surface area contributed by atoms with Gasteiger partial charge in [-0.15, -0.1) is 0 Å². The summed E-state index contributed by atoms with van der Waals surface area (Å²) in [6.07, 6.45) is -4.38. The molecule has 2 rings (SSSR count). The molecule has 0 fully saturated rings. The van der Waals surface area contributed by atoms with E-state index in [1.54, 1.807) is 44.2 Å². The molecule has 0 aliphatic heterocycles. The summed E-state index contributed by atoms with van der Waals surface area (Å²) >= 11 is 0. The van der Waals surface area contributed by atoms with E-state index in [1.165, 1.54) is 0 Å². The van der Waals surface area contributed by atoms with Gasteiger partial charge in [0.25, 0.3) is 0 Å². The molecule has 0 aliphatic carbocycles. The Morgan fingerprint density at radius 2 is 1.87 bits per heavy atom. The fourth-order valence-electron chi connectivity index (χ4n) is 2.48. The molecule has 0 spiro atoms. The zero-order chi connectivity index (χ0) is 17.0. The minimum atomic E-state index is -4.55. The molecule has 7 heteroatoms. The normalized spacial score (nSPS) is 11.5. The summed E-state index contributed by atoms with van der Waals surface area (Å²) in [5.74, 6) is -0.372. The van der Waals surface area contributed by atoms with Gasteiger partial charge in [-0.1, -0.05) is 37.3 Å². The summed E-state index contributed by atoms with van der Waals surface area (Å²) in [7, 11) is 0. The van der Waals surface area contributed by atoms with Gasteiger partial charge in [0.15, 0.2) is 5.69 Å². The van der Waals surface area contributed by atoms with Crippen LogP contribution in [0.25, 0.3) is 11.3 Å². The SMILES string of the molecule is CCNC(=O)Cn1nc(C(F)(F)F)c(CC)c1-c1ccccc1. The van der Waals surface area contributed by atoms with Gasteiger partial charge in [0.2, 0.25) is 5.91 Å². The van der Waals surface area contributed by atoms with E-state index in [9.17, 15) is 18.0 Å². The van der Waals surface area contributed by atoms with Crippen LogP contribution in [0.5, 0.6) is 0 Å². The Morgan fingerprint density at radius 3 is 2.39 bits per heavy atom. The summed E-state index contributed by atoms with van der Waals surface area (Å²) in [6, 6.07) is 8.69. The molecule has 1 aromatic carbocycles. The molecule has 1 heterocycles. The Hall–Kier alpha value is -2.31. The van der Waals surface area contributed by atoms with Gasteiger partial charge in [-0.25, -0.2) is 0 Å². The minimum absolute atomic E-state index is 0.105. The Balaban J connectivity index is 2.60. The molecule has 0 saturated heterocycles. The van der Waals surface area contributed by atoms with Crippen LogP contribution in [0, 0.1) is 0 Å². The van der Waals surface area contributed by atoms with E-state index >= 15 is 0 Å². The monoisotopic (exact) mass is 325 g/mol. The van der Waals surface area contributed by atoms with E-state index in [0.717, 1.165) is 4.68 Å². The van der Waals surface area contributed by atoms with E-state index in [-0.39, 0.29) is 24.4 Å². The third kappa shape index (κ3) is 3.72. The van der Waals surface area contributed by atoms with Gasteiger partial charge in [0, 0.05) is 17.7 Å². The van der Waals surface area contributed by atoms with E-state index in [0.29, 0.717) is 17.8 Å². The number of nitrogens with one attached hydrogen (secondary N) is 1. The van der Waals surface area contributed by atoms with Gasteiger partial charge in [-0.05, 0) is 13.3 Å². The quantitative estimate of drug-likeness (QED) is 0.917. The van der Waals surface area contributed by atoms with Crippen molar-refractivity contribution in [1.82, 2.24) is 15.1 Å². The van der Waals surface area contributed by atoms with Crippen LogP contribution in [0.4, 0.5) is 13.2 Å². The predicted molar refractivity (Wildman–Crippen MR) is 80.7 cm³/mol. The number of hydrogen-bond acceptors (Lipinski definition) is 2. The minimum Gasteiger partial charge on any atom is -0.355 e. The number of alkyl halides is 3. The number of hydrogen-bond donors (Lipinski definition) is 1. The molecule has 0 saturated carbocycles. The van der Waals surface area contributed by atoms with E-state index < -0.39 is 11.9 Å². The number of nitrogens with zero attached hydrogens (tertiary/aromatic N) is 2. The van der Waals surface area contributed by atoms with Crippen molar-refractivity contribution in [1.29, 1.82) is 0 Å². The molecular formula is C16H18F3N3O. The van der Waals surface area contributed by atoms with Gasteiger partial charge < -0.3 is 5.32 Å². The first kappa shape index (κ1) is 17.1. The average molecular weight is 325 g/mol. The Morgan fingerprint density at radius 1 is 1.22 bits per heavy atom. The standard InChI is InChI=1S/C16H18F3N3O/c1-3-12-14(11-8-6-5-7-9-11)22(10-13(23)20-4-2)21-15(12)16(17,18)19/h5-9H,3-4,10H2,1-2H3,(H,20,23). The predicted octanol–water partition coefficient (Wildman–Crippen LogP) is 3.27. The molecule has 2 aromatic rings. The number of amides is 1. The summed E-state index contributed by atoms with van der Waals surface area (Å²) in [5, 5.41) is 6.26. The maximum atomic E-state index is 13.3. The molecule has 0 unspecified atom stereocenters. The fourth-order valence-corrected chi connectivity index (χ4v) is 2.48. The number of carbonyl (C=O) groups excluding carboxylic acids is 1. The van der Waals surface area contributed by atoms with Crippen molar-refractivity contribution < 1.29 is 18.0 Å². The molecule has 0 aliphatic rings. The third-order valence-electron chi connectivity index (χ3n) is 3.39.